The van der Waals surface area contributed by atoms with E-state index in [1.54, 1.807) is 5.57 Å². The summed E-state index contributed by atoms with van der Waals surface area (Å²) in [6.45, 7) is 8.76. The molecule has 0 heterocycles. The van der Waals surface area contributed by atoms with Crippen molar-refractivity contribution in [2.24, 2.45) is 10.9 Å². The van der Waals surface area contributed by atoms with Gasteiger partial charge in [-0.25, -0.2) is 0 Å². The van der Waals surface area contributed by atoms with Crippen molar-refractivity contribution in [1.29, 1.82) is 0 Å². The molecule has 1 atom stereocenters. The van der Waals surface area contributed by atoms with E-state index in [9.17, 15) is 0 Å². The highest BCUT2D eigenvalue weighted by atomic mass is 14.7. The van der Waals surface area contributed by atoms with E-state index in [0.717, 1.165) is 0 Å². The van der Waals surface area contributed by atoms with Gasteiger partial charge in [-0.15, -0.1) is 0 Å². The fourth-order valence-corrected chi connectivity index (χ4v) is 1.97. The lowest BCUT2D eigenvalue weighted by atomic mass is 9.97. The van der Waals surface area contributed by atoms with Crippen LogP contribution in [-0.2, 0) is 0 Å². The number of aliphatic imine (C=N–C) groups is 1. The van der Waals surface area contributed by atoms with E-state index in [-0.39, 0.29) is 0 Å². The van der Waals surface area contributed by atoms with Gasteiger partial charge >= 0.3 is 0 Å². The number of unbranched alkanes of at least 4 members (excludes halogenated alkanes) is 2. The highest BCUT2D eigenvalue weighted by molar-refractivity contribution is 5.83. The summed E-state index contributed by atoms with van der Waals surface area (Å²) in [6.07, 6.45) is 14.3. The summed E-state index contributed by atoms with van der Waals surface area (Å²) in [6, 6.07) is 0. The van der Waals surface area contributed by atoms with E-state index >= 15 is 0 Å². The molecule has 0 fully saturated rings. The maximum absolute atomic E-state index is 4.26. The van der Waals surface area contributed by atoms with Crippen LogP contribution in [0, 0.1) is 5.92 Å². The third-order valence-corrected chi connectivity index (χ3v) is 3.58. The molecule has 0 radical (unpaired) electrons. The molecule has 0 aromatic heterocycles. The first-order chi connectivity index (χ1) is 8.61. The van der Waals surface area contributed by atoms with E-state index in [1.165, 1.54) is 44.2 Å². The third kappa shape index (κ3) is 9.21. The molecule has 0 aromatic rings. The van der Waals surface area contributed by atoms with E-state index in [0.29, 0.717) is 5.92 Å². The van der Waals surface area contributed by atoms with Crippen molar-refractivity contribution in [2.45, 2.75) is 66.2 Å². The second-order valence-electron chi connectivity index (χ2n) is 5.21. The van der Waals surface area contributed by atoms with Gasteiger partial charge in [0.2, 0.25) is 0 Å². The highest BCUT2D eigenvalue weighted by Crippen LogP contribution is 2.14. The molecule has 1 nitrogen and oxygen atoms in total. The first kappa shape index (κ1) is 17.2. The summed E-state index contributed by atoms with van der Waals surface area (Å²) in [5, 5.41) is 0. The SMILES string of the molecule is C/C=C\CCC/C=C(\C)CCCC(C)C(C)=NC. The molecule has 0 saturated heterocycles. The van der Waals surface area contributed by atoms with Crippen LogP contribution in [0.3, 0.4) is 0 Å². The Labute approximate surface area is 114 Å². The lowest BCUT2D eigenvalue weighted by Crippen LogP contribution is -2.06. The van der Waals surface area contributed by atoms with Gasteiger partial charge < -0.3 is 0 Å². The first-order valence-electron chi connectivity index (χ1n) is 7.31. The molecule has 0 amide bonds. The molecule has 0 aliphatic carbocycles. The Bertz CT molecular complexity index is 284. The lowest BCUT2D eigenvalue weighted by molar-refractivity contribution is 0.628. The third-order valence-electron chi connectivity index (χ3n) is 3.58. The summed E-state index contributed by atoms with van der Waals surface area (Å²) in [4.78, 5) is 4.26. The smallest absolute Gasteiger partial charge is 0.0276 e. The van der Waals surface area contributed by atoms with E-state index in [2.05, 4.69) is 50.9 Å². The molecule has 0 saturated carbocycles. The van der Waals surface area contributed by atoms with E-state index in [1.807, 2.05) is 7.05 Å². The second kappa shape index (κ2) is 11.3. The van der Waals surface area contributed by atoms with Gasteiger partial charge in [-0.3, -0.25) is 4.99 Å². The zero-order valence-corrected chi connectivity index (χ0v) is 13.0. The van der Waals surface area contributed by atoms with Gasteiger partial charge in [0.05, 0.1) is 0 Å². The van der Waals surface area contributed by atoms with Crippen LogP contribution in [0.25, 0.3) is 0 Å². The number of rotatable bonds is 9. The van der Waals surface area contributed by atoms with Crippen LogP contribution in [0.1, 0.15) is 66.2 Å². The van der Waals surface area contributed by atoms with Crippen molar-refractivity contribution < 1.29 is 0 Å². The van der Waals surface area contributed by atoms with Gasteiger partial charge in [0.1, 0.15) is 0 Å². The standard InChI is InChI=1S/C17H31N/c1-6-7-8-9-10-12-15(2)13-11-14-16(3)17(4)18-5/h6-7,12,16H,8-11,13-14H2,1-5H3/b7-6-,15-12+,18-17?. The van der Waals surface area contributed by atoms with Gasteiger partial charge in [0.25, 0.3) is 0 Å². The lowest BCUT2D eigenvalue weighted by Gasteiger charge is -2.10. The predicted octanol–water partition coefficient (Wildman–Crippen LogP) is 5.58. The largest absolute Gasteiger partial charge is 0.297 e. The maximum Gasteiger partial charge on any atom is 0.0276 e. The molecule has 1 heteroatoms. The van der Waals surface area contributed by atoms with Crippen LogP contribution in [0.2, 0.25) is 0 Å². The van der Waals surface area contributed by atoms with Crippen molar-refractivity contribution >= 4 is 5.71 Å². The van der Waals surface area contributed by atoms with Crippen LogP contribution in [0.15, 0.2) is 28.8 Å². The molecule has 0 aliphatic rings. The number of hydrogen-bond donors (Lipinski definition) is 0. The van der Waals surface area contributed by atoms with Crippen molar-refractivity contribution in [1.82, 2.24) is 0 Å². The Morgan fingerprint density at radius 2 is 1.89 bits per heavy atom. The maximum atomic E-state index is 4.26. The number of nitrogens with zero attached hydrogens (tertiary/aromatic N) is 1. The monoisotopic (exact) mass is 249 g/mol. The zero-order valence-electron chi connectivity index (χ0n) is 13.0. The van der Waals surface area contributed by atoms with Crippen molar-refractivity contribution in [3.63, 3.8) is 0 Å². The molecule has 1 unspecified atom stereocenters. The van der Waals surface area contributed by atoms with Crippen LogP contribution in [0.4, 0.5) is 0 Å². The van der Waals surface area contributed by atoms with Crippen LogP contribution < -0.4 is 0 Å². The molecule has 0 rings (SSSR count). The summed E-state index contributed by atoms with van der Waals surface area (Å²) in [5.41, 5.74) is 2.83. The molecular weight excluding hydrogens is 218 g/mol. The predicted molar refractivity (Wildman–Crippen MR) is 84.5 cm³/mol. The minimum Gasteiger partial charge on any atom is -0.297 e. The van der Waals surface area contributed by atoms with Crippen LogP contribution >= 0.6 is 0 Å². The molecule has 18 heavy (non-hydrogen) atoms. The minimum atomic E-state index is 0.637. The van der Waals surface area contributed by atoms with Gasteiger partial charge in [0, 0.05) is 12.8 Å². The molecule has 0 aliphatic heterocycles. The zero-order chi connectivity index (χ0) is 13.8. The fraction of sp³-hybridized carbons (Fsp3) is 0.706. The number of hydrogen-bond acceptors (Lipinski definition) is 1. The van der Waals surface area contributed by atoms with Crippen molar-refractivity contribution in [3.8, 4) is 0 Å². The van der Waals surface area contributed by atoms with Gasteiger partial charge in [-0.1, -0.05) is 30.7 Å². The highest BCUT2D eigenvalue weighted by Gasteiger charge is 2.04. The van der Waals surface area contributed by atoms with Gasteiger partial charge in [0.15, 0.2) is 0 Å². The molecular formula is C17H31N. The minimum absolute atomic E-state index is 0.637. The van der Waals surface area contributed by atoms with Gasteiger partial charge in [-0.2, -0.15) is 0 Å². The molecule has 0 aromatic carbocycles. The average molecular weight is 249 g/mol. The van der Waals surface area contributed by atoms with E-state index < -0.39 is 0 Å². The normalized spacial score (nSPS) is 15.4. The molecule has 0 bridgehead atoms. The Morgan fingerprint density at radius 3 is 2.50 bits per heavy atom. The van der Waals surface area contributed by atoms with E-state index in [4.69, 9.17) is 0 Å². The fourth-order valence-electron chi connectivity index (χ4n) is 1.97. The Hall–Kier alpha value is -0.850. The average Bonchev–Trinajstić information content (AvgIpc) is 2.37. The molecule has 0 spiro atoms. The molecule has 0 N–H and O–H groups in total. The van der Waals surface area contributed by atoms with Crippen LogP contribution in [-0.4, -0.2) is 12.8 Å². The van der Waals surface area contributed by atoms with Crippen molar-refractivity contribution in [3.05, 3.63) is 23.8 Å². The van der Waals surface area contributed by atoms with Crippen molar-refractivity contribution in [2.75, 3.05) is 7.05 Å². The quantitative estimate of drug-likeness (QED) is 0.287. The topological polar surface area (TPSA) is 12.4 Å². The Kier molecular flexibility index (Phi) is 10.7. The summed E-state index contributed by atoms with van der Waals surface area (Å²) in [5.74, 6) is 0.637. The Morgan fingerprint density at radius 1 is 1.17 bits per heavy atom. The summed E-state index contributed by atoms with van der Waals surface area (Å²) in [7, 11) is 1.89. The first-order valence-corrected chi connectivity index (χ1v) is 7.31. The molecule has 104 valence electrons. The summed E-state index contributed by atoms with van der Waals surface area (Å²) >= 11 is 0. The summed E-state index contributed by atoms with van der Waals surface area (Å²) < 4.78 is 0. The second-order valence-corrected chi connectivity index (χ2v) is 5.21. The number of allylic oxidation sites excluding steroid dienone is 4. The Balaban J connectivity index is 3.69. The van der Waals surface area contributed by atoms with Gasteiger partial charge in [-0.05, 0) is 65.2 Å². The van der Waals surface area contributed by atoms with Crippen LogP contribution in [0.5, 0.6) is 0 Å².